The van der Waals surface area contributed by atoms with Gasteiger partial charge in [0.2, 0.25) is 0 Å². The third-order valence-electron chi connectivity index (χ3n) is 8.56. The van der Waals surface area contributed by atoms with E-state index in [0.717, 1.165) is 47.8 Å². The van der Waals surface area contributed by atoms with Gasteiger partial charge in [-0.3, -0.25) is 0 Å². The Labute approximate surface area is 212 Å². The Bertz CT molecular complexity index is 1450. The normalized spacial score (nSPS) is 27.8. The molecule has 1 spiro atoms. The van der Waals surface area contributed by atoms with Gasteiger partial charge in [0, 0.05) is 29.3 Å². The Morgan fingerprint density at radius 1 is 1.05 bits per heavy atom. The van der Waals surface area contributed by atoms with Crippen LogP contribution in [0.15, 0.2) is 55.0 Å². The second kappa shape index (κ2) is 8.37. The number of hydrogen-bond acceptors (Lipinski definition) is 3. The van der Waals surface area contributed by atoms with E-state index in [0.29, 0.717) is 17.1 Å². The second-order valence-corrected chi connectivity index (χ2v) is 12.3. The van der Waals surface area contributed by atoms with Crippen molar-refractivity contribution in [3.8, 4) is 16.9 Å². The summed E-state index contributed by atoms with van der Waals surface area (Å²) in [7, 11) is -4.13. The fourth-order valence-electron chi connectivity index (χ4n) is 6.50. The zero-order chi connectivity index (χ0) is 26.2. The lowest BCUT2D eigenvalue weighted by molar-refractivity contribution is -0.592. The van der Waals surface area contributed by atoms with Crippen LogP contribution >= 0.6 is 0 Å². The zero-order valence-corrected chi connectivity index (χ0v) is 20.9. The van der Waals surface area contributed by atoms with Crippen molar-refractivity contribution in [1.82, 2.24) is 13.9 Å². The largest absolute Gasteiger partial charge is 0.405 e. The Morgan fingerprint density at radius 2 is 1.73 bits per heavy atom. The maximum absolute atomic E-state index is 13.5. The molecular formula is C26H27F4N4O2S+. The summed E-state index contributed by atoms with van der Waals surface area (Å²) in [6.07, 6.45) is 1.75. The number of fused-ring (bicyclic) bond motifs is 1. The fourth-order valence-corrected chi connectivity index (χ4v) is 8.62. The maximum atomic E-state index is 13.5. The second-order valence-electron chi connectivity index (χ2n) is 10.5. The molecule has 2 heterocycles. The number of aromatic nitrogens is 2. The molecule has 6 nitrogen and oxygen atoms in total. The SMILES string of the molecule is CC(N1C[C@]2([NH2+]S1(=O)=O)[C@@H]1CC[C@H]2Cc2ccc(-c3cn(-c4ccc(F)cc4)cn3)cc2C1)C(F)(F)F. The van der Waals surface area contributed by atoms with Gasteiger partial charge in [-0.15, -0.1) is 4.31 Å². The molecule has 0 amide bonds. The fraction of sp³-hybridized carbons (Fsp3) is 0.423. The standard InChI is InChI=1S/C26H26F4N4O2S/c1-16(26(28,29)30)34-14-25(32-37(34,35)36)20-4-5-21(25)12-19-10-18(3-2-17(19)11-20)24-13-33(15-31-24)23-8-6-22(27)7-9-23/h2-3,6-10,13,15-16,20-21,32H,4-5,11-12,14H2,1H3/p+1/t16?,20-,21+,25+/m0/s1. The molecule has 6 rings (SSSR count). The van der Waals surface area contributed by atoms with Gasteiger partial charge in [0.05, 0.1) is 18.6 Å². The van der Waals surface area contributed by atoms with Crippen molar-refractivity contribution in [2.75, 3.05) is 6.54 Å². The highest BCUT2D eigenvalue weighted by Gasteiger charge is 2.65. The van der Waals surface area contributed by atoms with Crippen LogP contribution in [0.4, 0.5) is 17.6 Å². The first-order valence-corrected chi connectivity index (χ1v) is 13.8. The van der Waals surface area contributed by atoms with Gasteiger partial charge in [-0.1, -0.05) is 12.1 Å². The lowest BCUT2D eigenvalue weighted by atomic mass is 9.79. The average Bonchev–Trinajstić information content (AvgIpc) is 3.48. The first-order chi connectivity index (χ1) is 17.5. The lowest BCUT2D eigenvalue weighted by Gasteiger charge is -2.30. The van der Waals surface area contributed by atoms with Crippen LogP contribution in [0.2, 0.25) is 0 Å². The summed E-state index contributed by atoms with van der Waals surface area (Å²) in [5, 5.41) is 0. The quantitative estimate of drug-likeness (QED) is 0.521. The molecule has 37 heavy (non-hydrogen) atoms. The Balaban J connectivity index is 1.30. The van der Waals surface area contributed by atoms with Gasteiger partial charge in [-0.25, -0.2) is 14.1 Å². The predicted molar refractivity (Wildman–Crippen MR) is 128 cm³/mol. The number of rotatable bonds is 3. The van der Waals surface area contributed by atoms with Crippen molar-refractivity contribution < 1.29 is 30.7 Å². The van der Waals surface area contributed by atoms with Gasteiger partial charge in [0.1, 0.15) is 17.4 Å². The number of halogens is 4. The minimum absolute atomic E-state index is 0.0255. The number of hydrogen-bond donors (Lipinski definition) is 1. The minimum Gasteiger partial charge on any atom is -0.306 e. The smallest absolute Gasteiger partial charge is 0.306 e. The zero-order valence-electron chi connectivity index (χ0n) is 20.1. The summed E-state index contributed by atoms with van der Waals surface area (Å²) < 4.78 is 83.4. The Morgan fingerprint density at radius 3 is 2.41 bits per heavy atom. The summed E-state index contributed by atoms with van der Waals surface area (Å²) in [6.45, 7) is 0.809. The van der Waals surface area contributed by atoms with E-state index in [-0.39, 0.29) is 24.2 Å². The van der Waals surface area contributed by atoms with E-state index in [2.05, 4.69) is 11.1 Å². The van der Waals surface area contributed by atoms with Crippen molar-refractivity contribution in [3.63, 3.8) is 0 Å². The van der Waals surface area contributed by atoms with Crippen LogP contribution in [0.1, 0.15) is 30.9 Å². The first-order valence-electron chi connectivity index (χ1n) is 12.3. The van der Waals surface area contributed by atoms with Gasteiger partial charge in [-0.05, 0) is 74.1 Å². The lowest BCUT2D eigenvalue weighted by Crippen LogP contribution is -2.98. The number of quaternary nitrogens is 1. The Hall–Kier alpha value is -2.76. The highest BCUT2D eigenvalue weighted by molar-refractivity contribution is 7.82. The number of nitrogens with zero attached hydrogens (tertiary/aromatic N) is 3. The molecular weight excluding hydrogens is 508 g/mol. The third-order valence-corrected chi connectivity index (χ3v) is 10.4. The van der Waals surface area contributed by atoms with Crippen molar-refractivity contribution in [2.24, 2.45) is 11.8 Å². The summed E-state index contributed by atoms with van der Waals surface area (Å²) in [5.74, 6) is -0.390. The van der Waals surface area contributed by atoms with E-state index in [1.165, 1.54) is 16.9 Å². The van der Waals surface area contributed by atoms with E-state index in [4.69, 9.17) is 0 Å². The van der Waals surface area contributed by atoms with E-state index >= 15 is 0 Å². The molecule has 1 saturated heterocycles. The van der Waals surface area contributed by atoms with Gasteiger partial charge in [0.15, 0.2) is 0 Å². The summed E-state index contributed by atoms with van der Waals surface area (Å²) >= 11 is 0. The molecule has 11 heteroatoms. The number of benzene rings is 2. The van der Waals surface area contributed by atoms with Crippen LogP contribution < -0.4 is 4.72 Å². The topological polar surface area (TPSA) is 71.8 Å². The van der Waals surface area contributed by atoms with Gasteiger partial charge in [-0.2, -0.15) is 21.6 Å². The van der Waals surface area contributed by atoms with Crippen molar-refractivity contribution >= 4 is 10.2 Å². The van der Waals surface area contributed by atoms with Crippen LogP contribution in [0.25, 0.3) is 16.9 Å². The molecule has 2 N–H and O–H groups in total. The van der Waals surface area contributed by atoms with Crippen LogP contribution in [-0.2, 0) is 23.1 Å². The number of imidazole rings is 1. The highest BCUT2D eigenvalue weighted by Crippen LogP contribution is 2.48. The number of alkyl halides is 3. The van der Waals surface area contributed by atoms with Crippen molar-refractivity contribution in [2.45, 2.75) is 50.4 Å². The van der Waals surface area contributed by atoms with Crippen molar-refractivity contribution in [1.29, 1.82) is 0 Å². The van der Waals surface area contributed by atoms with Gasteiger partial charge < -0.3 is 4.57 Å². The van der Waals surface area contributed by atoms with Gasteiger partial charge in [0.25, 0.3) is 0 Å². The molecule has 0 radical (unpaired) electrons. The molecule has 2 fully saturated rings. The molecule has 1 saturated carbocycles. The highest BCUT2D eigenvalue weighted by atomic mass is 32.2. The molecule has 1 aliphatic heterocycles. The molecule has 1 unspecified atom stereocenters. The molecule has 2 aromatic carbocycles. The van der Waals surface area contributed by atoms with E-state index in [9.17, 15) is 26.0 Å². The molecule has 196 valence electrons. The Kier molecular flexibility index (Phi) is 5.56. The average molecular weight is 536 g/mol. The summed E-state index contributed by atoms with van der Waals surface area (Å²) in [6, 6.07) is 10.1. The minimum atomic E-state index is -4.62. The van der Waals surface area contributed by atoms with Crippen LogP contribution in [0, 0.1) is 17.7 Å². The maximum Gasteiger partial charge on any atom is 0.405 e. The first kappa shape index (κ1) is 24.6. The van der Waals surface area contributed by atoms with Crippen LogP contribution in [-0.4, -0.2) is 46.6 Å². The molecule has 3 aliphatic rings. The van der Waals surface area contributed by atoms with Crippen LogP contribution in [0.5, 0.6) is 0 Å². The number of nitrogens with two attached hydrogens (primary N) is 1. The summed E-state index contributed by atoms with van der Waals surface area (Å²) in [4.78, 5) is 4.52. The van der Waals surface area contributed by atoms with Crippen LogP contribution in [0.3, 0.4) is 0 Å². The molecule has 2 aliphatic carbocycles. The third kappa shape index (κ3) is 4.07. The van der Waals surface area contributed by atoms with Gasteiger partial charge >= 0.3 is 16.4 Å². The van der Waals surface area contributed by atoms with Crippen molar-refractivity contribution in [3.05, 3.63) is 71.9 Å². The molecule has 4 atom stereocenters. The van der Waals surface area contributed by atoms with E-state index in [1.54, 1.807) is 18.5 Å². The summed E-state index contributed by atoms with van der Waals surface area (Å²) in [5.41, 5.74) is 3.85. The monoisotopic (exact) mass is 535 g/mol. The molecule has 1 aromatic heterocycles. The van der Waals surface area contributed by atoms with E-state index < -0.39 is 28.0 Å². The predicted octanol–water partition coefficient (Wildman–Crippen LogP) is 3.62. The molecule has 2 bridgehead atoms. The molecule has 3 aromatic rings. The van der Waals surface area contributed by atoms with E-state index in [1.807, 2.05) is 22.9 Å².